The van der Waals surface area contributed by atoms with Crippen molar-refractivity contribution in [2.45, 2.75) is 70.8 Å². The summed E-state index contributed by atoms with van der Waals surface area (Å²) in [5, 5.41) is 10.1. The molecule has 1 unspecified atom stereocenters. The van der Waals surface area contributed by atoms with Crippen molar-refractivity contribution in [1.29, 1.82) is 0 Å². The molecule has 0 aliphatic heterocycles. The fraction of sp³-hybridized carbons (Fsp3) is 0.452. The summed E-state index contributed by atoms with van der Waals surface area (Å²) in [6, 6.07) is 14.0. The third-order valence-electron chi connectivity index (χ3n) is 6.82. The summed E-state index contributed by atoms with van der Waals surface area (Å²) in [7, 11) is -3.73. The second-order valence-corrected chi connectivity index (χ2v) is 12.0. The van der Waals surface area contributed by atoms with E-state index >= 15 is 0 Å². The predicted octanol–water partition coefficient (Wildman–Crippen LogP) is 5.33. The number of sulfonamides is 1. The highest BCUT2D eigenvalue weighted by molar-refractivity contribution is 7.89. The third kappa shape index (κ3) is 10.7. The van der Waals surface area contributed by atoms with E-state index < -0.39 is 22.0 Å². The van der Waals surface area contributed by atoms with Crippen molar-refractivity contribution in [1.82, 2.24) is 14.3 Å². The van der Waals surface area contributed by atoms with Crippen LogP contribution in [0.2, 0.25) is 0 Å². The SMILES string of the molecule is CCCCS(=O)(=O)N(CCCCc1ccncc1)C(Cc1ccc(OCCCCc2ccncc2)cc1)C(=O)O. The van der Waals surface area contributed by atoms with Gasteiger partial charge in [-0.25, -0.2) is 8.42 Å². The van der Waals surface area contributed by atoms with Gasteiger partial charge in [-0.3, -0.25) is 14.8 Å². The number of carboxylic acids is 1. The smallest absolute Gasteiger partial charge is 0.322 e. The number of benzene rings is 1. The van der Waals surface area contributed by atoms with Crippen molar-refractivity contribution in [3.63, 3.8) is 0 Å². The fourth-order valence-corrected chi connectivity index (χ4v) is 6.35. The molecule has 2 aromatic heterocycles. The number of nitrogens with zero attached hydrogens (tertiary/aromatic N) is 3. The van der Waals surface area contributed by atoms with Crippen LogP contribution in [0, 0.1) is 0 Å². The second-order valence-electron chi connectivity index (χ2n) is 9.96. The molecule has 40 heavy (non-hydrogen) atoms. The largest absolute Gasteiger partial charge is 0.494 e. The lowest BCUT2D eigenvalue weighted by molar-refractivity contribution is -0.141. The third-order valence-corrected chi connectivity index (χ3v) is 8.78. The van der Waals surface area contributed by atoms with E-state index in [1.54, 1.807) is 24.8 Å². The van der Waals surface area contributed by atoms with E-state index in [0.717, 1.165) is 49.7 Å². The molecule has 0 fully saturated rings. The van der Waals surface area contributed by atoms with Gasteiger partial charge in [-0.15, -0.1) is 0 Å². The first-order valence-electron chi connectivity index (χ1n) is 14.1. The van der Waals surface area contributed by atoms with Gasteiger partial charge in [0.05, 0.1) is 12.4 Å². The van der Waals surface area contributed by atoms with Crippen LogP contribution in [0.1, 0.15) is 62.1 Å². The molecule has 0 aliphatic rings. The highest BCUT2D eigenvalue weighted by Gasteiger charge is 2.34. The second kappa shape index (κ2) is 16.7. The van der Waals surface area contributed by atoms with Crippen LogP contribution in [0.25, 0.3) is 0 Å². The van der Waals surface area contributed by atoms with Crippen molar-refractivity contribution in [3.8, 4) is 5.75 Å². The average molecular weight is 568 g/mol. The van der Waals surface area contributed by atoms with Gasteiger partial charge in [0, 0.05) is 31.3 Å². The summed E-state index contributed by atoms with van der Waals surface area (Å²) in [4.78, 5) is 20.4. The minimum Gasteiger partial charge on any atom is -0.494 e. The van der Waals surface area contributed by atoms with E-state index in [2.05, 4.69) is 9.97 Å². The maximum Gasteiger partial charge on any atom is 0.322 e. The normalized spacial score (nSPS) is 12.3. The Bertz CT molecular complexity index is 1240. The van der Waals surface area contributed by atoms with E-state index in [1.807, 2.05) is 55.5 Å². The summed E-state index contributed by atoms with van der Waals surface area (Å²) < 4.78 is 33.5. The minimum atomic E-state index is -3.73. The number of aryl methyl sites for hydroxylation is 2. The molecule has 8 nitrogen and oxygen atoms in total. The van der Waals surface area contributed by atoms with E-state index in [4.69, 9.17) is 4.74 Å². The van der Waals surface area contributed by atoms with Crippen LogP contribution in [-0.2, 0) is 34.1 Å². The highest BCUT2D eigenvalue weighted by Crippen LogP contribution is 2.20. The number of carboxylic acid groups (broad SMARTS) is 1. The molecule has 0 amide bonds. The number of hydrogen-bond donors (Lipinski definition) is 1. The van der Waals surface area contributed by atoms with Gasteiger partial charge in [-0.05, 0) is 104 Å². The molecule has 0 aliphatic carbocycles. The zero-order valence-electron chi connectivity index (χ0n) is 23.3. The van der Waals surface area contributed by atoms with Gasteiger partial charge in [0.15, 0.2) is 0 Å². The lowest BCUT2D eigenvalue weighted by Crippen LogP contribution is -2.47. The quantitative estimate of drug-likeness (QED) is 0.195. The standard InChI is InChI=1S/C31H41N3O5S/c1-2-3-24-40(37,38)34(22-6-4-8-26-14-18-32-19-15-26)30(31(35)36)25-28-10-12-29(13-11-28)39-23-7-5-9-27-16-20-33-21-17-27/h10-21,30H,2-9,22-25H2,1H3,(H,35,36). The topological polar surface area (TPSA) is 110 Å². The molecule has 1 atom stereocenters. The molecular weight excluding hydrogens is 526 g/mol. The Morgan fingerprint density at radius 1 is 0.825 bits per heavy atom. The zero-order valence-corrected chi connectivity index (χ0v) is 24.1. The van der Waals surface area contributed by atoms with E-state index in [9.17, 15) is 18.3 Å². The zero-order chi connectivity index (χ0) is 28.6. The minimum absolute atomic E-state index is 0.0500. The first kappa shape index (κ1) is 31.2. The fourth-order valence-electron chi connectivity index (χ4n) is 4.51. The molecule has 3 aromatic rings. The van der Waals surface area contributed by atoms with Gasteiger partial charge in [-0.2, -0.15) is 4.31 Å². The summed E-state index contributed by atoms with van der Waals surface area (Å²) in [5.41, 5.74) is 3.14. The molecule has 0 radical (unpaired) electrons. The van der Waals surface area contributed by atoms with Crippen molar-refractivity contribution in [2.75, 3.05) is 18.9 Å². The number of ether oxygens (including phenoxy) is 1. The number of aromatic nitrogens is 2. The van der Waals surface area contributed by atoms with Crippen molar-refractivity contribution in [3.05, 3.63) is 90.0 Å². The number of pyridine rings is 2. The monoisotopic (exact) mass is 567 g/mol. The number of carbonyl (C=O) groups is 1. The molecule has 2 heterocycles. The Kier molecular flexibility index (Phi) is 13.1. The van der Waals surface area contributed by atoms with Gasteiger partial charge in [0.25, 0.3) is 0 Å². The summed E-state index contributed by atoms with van der Waals surface area (Å²) >= 11 is 0. The molecule has 9 heteroatoms. The number of rotatable bonds is 19. The van der Waals surface area contributed by atoms with Gasteiger partial charge in [0.1, 0.15) is 11.8 Å². The van der Waals surface area contributed by atoms with Crippen LogP contribution >= 0.6 is 0 Å². The van der Waals surface area contributed by atoms with Crippen molar-refractivity contribution >= 4 is 16.0 Å². The van der Waals surface area contributed by atoms with E-state index in [1.165, 1.54) is 9.87 Å². The van der Waals surface area contributed by atoms with Crippen LogP contribution in [0.3, 0.4) is 0 Å². The summed E-state index contributed by atoms with van der Waals surface area (Å²) in [6.07, 6.45) is 13.4. The van der Waals surface area contributed by atoms with Gasteiger partial charge in [-0.1, -0.05) is 25.5 Å². The van der Waals surface area contributed by atoms with Gasteiger partial charge >= 0.3 is 5.97 Å². The summed E-state index contributed by atoms with van der Waals surface area (Å²) in [6.45, 7) is 2.69. The molecule has 3 rings (SSSR count). The Balaban J connectivity index is 1.57. The van der Waals surface area contributed by atoms with Crippen LogP contribution in [-0.4, -0.2) is 58.7 Å². The highest BCUT2D eigenvalue weighted by atomic mass is 32.2. The van der Waals surface area contributed by atoms with Crippen LogP contribution in [0.4, 0.5) is 0 Å². The molecule has 0 saturated carbocycles. The molecule has 1 aromatic carbocycles. The maximum absolute atomic E-state index is 13.2. The molecule has 0 bridgehead atoms. The Morgan fingerprint density at radius 2 is 1.40 bits per heavy atom. The average Bonchev–Trinajstić information content (AvgIpc) is 2.96. The molecule has 216 valence electrons. The molecule has 0 spiro atoms. The van der Waals surface area contributed by atoms with Crippen LogP contribution in [0.5, 0.6) is 5.75 Å². The number of hydrogen-bond acceptors (Lipinski definition) is 6. The summed E-state index contributed by atoms with van der Waals surface area (Å²) in [5.74, 6) is -0.474. The molecule has 0 saturated heterocycles. The van der Waals surface area contributed by atoms with Crippen molar-refractivity contribution < 1.29 is 23.1 Å². The van der Waals surface area contributed by atoms with Gasteiger partial charge < -0.3 is 9.84 Å². The lowest BCUT2D eigenvalue weighted by Gasteiger charge is -2.28. The Labute approximate surface area is 238 Å². The van der Waals surface area contributed by atoms with E-state index in [0.29, 0.717) is 25.2 Å². The van der Waals surface area contributed by atoms with E-state index in [-0.39, 0.29) is 18.7 Å². The Hall–Kier alpha value is -3.30. The van der Waals surface area contributed by atoms with Crippen molar-refractivity contribution in [2.24, 2.45) is 0 Å². The number of unbranched alkanes of at least 4 members (excludes halogenated alkanes) is 3. The Morgan fingerprint density at radius 3 is 1.95 bits per heavy atom. The number of aliphatic carboxylic acids is 1. The maximum atomic E-state index is 13.2. The predicted molar refractivity (Wildman–Crippen MR) is 157 cm³/mol. The first-order chi connectivity index (χ1) is 19.4. The first-order valence-corrected chi connectivity index (χ1v) is 15.7. The van der Waals surface area contributed by atoms with Gasteiger partial charge in [0.2, 0.25) is 10.0 Å². The lowest BCUT2D eigenvalue weighted by atomic mass is 10.1. The van der Waals surface area contributed by atoms with Crippen LogP contribution < -0.4 is 4.74 Å². The van der Waals surface area contributed by atoms with Crippen LogP contribution in [0.15, 0.2) is 73.3 Å². The molecule has 1 N–H and O–H groups in total. The molecular formula is C31H41N3O5S.